The molecule has 0 aliphatic carbocycles. The van der Waals surface area contributed by atoms with Crippen LogP contribution in [0.25, 0.3) is 5.65 Å². The van der Waals surface area contributed by atoms with Crippen LogP contribution >= 0.6 is 11.8 Å². The van der Waals surface area contributed by atoms with Gasteiger partial charge in [0.05, 0.1) is 0 Å². The Kier molecular flexibility index (Phi) is 5.67. The molecule has 0 fully saturated rings. The van der Waals surface area contributed by atoms with Crippen LogP contribution in [0, 0.1) is 13.8 Å². The minimum atomic E-state index is -0.371. The third kappa shape index (κ3) is 4.44. The van der Waals surface area contributed by atoms with Crippen molar-refractivity contribution < 1.29 is 4.79 Å². The summed E-state index contributed by atoms with van der Waals surface area (Å²) >= 11 is 1.50. The second-order valence-corrected chi connectivity index (χ2v) is 8.03. The Morgan fingerprint density at radius 3 is 2.57 bits per heavy atom. The molecule has 152 valence electrons. The summed E-state index contributed by atoms with van der Waals surface area (Å²) in [5.74, 6) is 0.402. The van der Waals surface area contributed by atoms with Crippen molar-refractivity contribution >= 4 is 29.0 Å². The van der Waals surface area contributed by atoms with Crippen molar-refractivity contribution in [2.45, 2.75) is 31.2 Å². The predicted octanol–water partition coefficient (Wildman–Crippen LogP) is 3.44. The number of hydrogen-bond donors (Lipinski definition) is 1. The first-order valence-electron chi connectivity index (χ1n) is 9.48. The zero-order valence-electron chi connectivity index (χ0n) is 16.7. The van der Waals surface area contributed by atoms with Gasteiger partial charge in [0.15, 0.2) is 5.65 Å². The number of fused-ring (bicyclic) bond motifs is 1. The number of anilines is 1. The molecular formula is C22H21N5O2S. The van der Waals surface area contributed by atoms with Crippen molar-refractivity contribution in [3.8, 4) is 0 Å². The number of nitrogens with one attached hydrogen (secondary N) is 1. The number of amides is 1. The smallest absolute Gasteiger partial charge is 0.324 e. The van der Waals surface area contributed by atoms with E-state index in [2.05, 4.69) is 15.4 Å². The molecule has 0 unspecified atom stereocenters. The summed E-state index contributed by atoms with van der Waals surface area (Å²) in [4.78, 5) is 29.6. The second kappa shape index (κ2) is 8.54. The molecule has 4 rings (SSSR count). The highest BCUT2D eigenvalue weighted by Gasteiger charge is 2.15. The zero-order chi connectivity index (χ0) is 21.1. The number of thioether (sulfide) groups is 1. The summed E-state index contributed by atoms with van der Waals surface area (Å²) < 4.78 is 2.59. The predicted molar refractivity (Wildman–Crippen MR) is 118 cm³/mol. The minimum Gasteiger partial charge on any atom is -0.324 e. The van der Waals surface area contributed by atoms with E-state index in [1.54, 1.807) is 12.4 Å². The second-order valence-electron chi connectivity index (χ2n) is 7.07. The number of rotatable bonds is 6. The molecule has 0 saturated carbocycles. The summed E-state index contributed by atoms with van der Waals surface area (Å²) in [5, 5.41) is 7.85. The van der Waals surface area contributed by atoms with Crippen molar-refractivity contribution in [2.24, 2.45) is 0 Å². The number of aromatic nitrogens is 4. The average molecular weight is 420 g/mol. The van der Waals surface area contributed by atoms with Crippen LogP contribution in [-0.2, 0) is 17.1 Å². The first-order chi connectivity index (χ1) is 14.5. The number of carbonyl (C=O) groups is 1. The lowest BCUT2D eigenvalue weighted by molar-refractivity contribution is -0.117. The fraction of sp³-hybridized carbons (Fsp3) is 0.182. The number of nitrogens with zero attached hydrogens (tertiary/aromatic N) is 4. The van der Waals surface area contributed by atoms with Crippen molar-refractivity contribution in [3.63, 3.8) is 0 Å². The lowest BCUT2D eigenvalue weighted by atomic mass is 10.1. The monoisotopic (exact) mass is 419 g/mol. The van der Waals surface area contributed by atoms with E-state index in [0.717, 1.165) is 16.7 Å². The Morgan fingerprint density at radius 2 is 1.83 bits per heavy atom. The summed E-state index contributed by atoms with van der Waals surface area (Å²) in [7, 11) is 0. The van der Waals surface area contributed by atoms with Gasteiger partial charge in [-0.15, -0.1) is 5.10 Å². The standard InChI is InChI=1S/C22H21N5O2S/c1-15-10-16(2)12-18(11-15)24-19(28)13-27-22(29)26-9-8-23-21(20(26)25-27)30-14-17-6-4-3-5-7-17/h3-12H,13-14H2,1-2H3,(H,24,28). The van der Waals surface area contributed by atoms with Gasteiger partial charge in [-0.1, -0.05) is 48.2 Å². The summed E-state index contributed by atoms with van der Waals surface area (Å²) in [6, 6.07) is 15.8. The van der Waals surface area contributed by atoms with E-state index in [0.29, 0.717) is 22.1 Å². The molecule has 30 heavy (non-hydrogen) atoms. The van der Waals surface area contributed by atoms with Crippen LogP contribution in [0.15, 0.2) is 70.7 Å². The SMILES string of the molecule is Cc1cc(C)cc(NC(=O)Cn2nc3c(SCc4ccccc4)nccn3c2=O)c1. The third-order valence-electron chi connectivity index (χ3n) is 4.49. The van der Waals surface area contributed by atoms with Crippen LogP contribution in [0.5, 0.6) is 0 Å². The molecule has 7 nitrogen and oxygen atoms in total. The maximum atomic E-state index is 12.7. The van der Waals surface area contributed by atoms with Crippen LogP contribution in [-0.4, -0.2) is 25.1 Å². The molecule has 0 spiro atoms. The Balaban J connectivity index is 1.54. The molecule has 0 bridgehead atoms. The van der Waals surface area contributed by atoms with Crippen molar-refractivity contribution in [3.05, 3.63) is 88.1 Å². The van der Waals surface area contributed by atoms with Gasteiger partial charge in [-0.2, -0.15) is 0 Å². The van der Waals surface area contributed by atoms with E-state index >= 15 is 0 Å². The molecular weight excluding hydrogens is 398 g/mol. The molecule has 0 aliphatic rings. The van der Waals surface area contributed by atoms with Crippen molar-refractivity contribution in [1.82, 2.24) is 19.2 Å². The van der Waals surface area contributed by atoms with Gasteiger partial charge in [-0.3, -0.25) is 4.79 Å². The summed E-state index contributed by atoms with van der Waals surface area (Å²) in [5.41, 5.74) is 4.05. The number of hydrogen-bond acceptors (Lipinski definition) is 5. The molecule has 0 radical (unpaired) electrons. The topological polar surface area (TPSA) is 81.3 Å². The number of benzene rings is 2. The fourth-order valence-electron chi connectivity index (χ4n) is 3.24. The molecule has 4 aromatic rings. The largest absolute Gasteiger partial charge is 0.350 e. The molecule has 0 atom stereocenters. The molecule has 2 aromatic carbocycles. The van der Waals surface area contributed by atoms with Gasteiger partial charge in [-0.25, -0.2) is 18.9 Å². The van der Waals surface area contributed by atoms with E-state index in [9.17, 15) is 9.59 Å². The van der Waals surface area contributed by atoms with E-state index in [1.807, 2.05) is 62.4 Å². The van der Waals surface area contributed by atoms with Crippen LogP contribution in [0.3, 0.4) is 0 Å². The molecule has 8 heteroatoms. The van der Waals surface area contributed by atoms with E-state index in [1.165, 1.54) is 20.8 Å². The van der Waals surface area contributed by atoms with Gasteiger partial charge >= 0.3 is 5.69 Å². The summed E-state index contributed by atoms with van der Waals surface area (Å²) in [6.07, 6.45) is 3.14. The zero-order valence-corrected chi connectivity index (χ0v) is 17.5. The van der Waals surface area contributed by atoms with E-state index in [4.69, 9.17) is 0 Å². The summed E-state index contributed by atoms with van der Waals surface area (Å²) in [6.45, 7) is 3.77. The molecule has 1 N–H and O–H groups in total. The Bertz CT molecular complexity index is 1240. The normalized spacial score (nSPS) is 11.0. The Morgan fingerprint density at radius 1 is 1.10 bits per heavy atom. The molecule has 0 saturated heterocycles. The lowest BCUT2D eigenvalue weighted by Gasteiger charge is -2.07. The first-order valence-corrected chi connectivity index (χ1v) is 10.5. The van der Waals surface area contributed by atoms with Crippen molar-refractivity contribution in [1.29, 1.82) is 0 Å². The highest BCUT2D eigenvalue weighted by molar-refractivity contribution is 7.98. The Hall–Kier alpha value is -3.39. The lowest BCUT2D eigenvalue weighted by Crippen LogP contribution is -2.28. The molecule has 1 amide bonds. The number of carbonyl (C=O) groups excluding carboxylic acids is 1. The maximum absolute atomic E-state index is 12.7. The highest BCUT2D eigenvalue weighted by Crippen LogP contribution is 2.23. The number of aryl methyl sites for hydroxylation is 2. The van der Waals surface area contributed by atoms with Gasteiger partial charge in [0.1, 0.15) is 11.6 Å². The average Bonchev–Trinajstić information content (AvgIpc) is 3.02. The van der Waals surface area contributed by atoms with Crippen LogP contribution in [0.2, 0.25) is 0 Å². The van der Waals surface area contributed by atoms with Crippen LogP contribution < -0.4 is 11.0 Å². The minimum absolute atomic E-state index is 0.170. The third-order valence-corrected chi connectivity index (χ3v) is 5.53. The van der Waals surface area contributed by atoms with E-state index < -0.39 is 0 Å². The van der Waals surface area contributed by atoms with E-state index in [-0.39, 0.29) is 18.1 Å². The van der Waals surface area contributed by atoms with Gasteiger partial charge in [-0.05, 0) is 42.7 Å². The fourth-order valence-corrected chi connectivity index (χ4v) is 4.14. The van der Waals surface area contributed by atoms with Gasteiger partial charge in [0, 0.05) is 23.8 Å². The van der Waals surface area contributed by atoms with Gasteiger partial charge in [0.25, 0.3) is 0 Å². The Labute approximate surface area is 177 Å². The van der Waals surface area contributed by atoms with Crippen LogP contribution in [0.4, 0.5) is 5.69 Å². The van der Waals surface area contributed by atoms with Gasteiger partial charge < -0.3 is 5.32 Å². The van der Waals surface area contributed by atoms with Crippen LogP contribution in [0.1, 0.15) is 16.7 Å². The van der Waals surface area contributed by atoms with Gasteiger partial charge in [0.2, 0.25) is 5.91 Å². The quantitative estimate of drug-likeness (QED) is 0.484. The highest BCUT2D eigenvalue weighted by atomic mass is 32.2. The molecule has 2 aromatic heterocycles. The first kappa shape index (κ1) is 19.9. The maximum Gasteiger partial charge on any atom is 0.350 e. The van der Waals surface area contributed by atoms with Crippen molar-refractivity contribution in [2.75, 3.05) is 5.32 Å². The molecule has 2 heterocycles. The molecule has 0 aliphatic heterocycles.